The summed E-state index contributed by atoms with van der Waals surface area (Å²) >= 11 is 5.95. The normalized spacial score (nSPS) is 13.9. The molecule has 3 heterocycles. The van der Waals surface area contributed by atoms with Crippen molar-refractivity contribution in [2.75, 3.05) is 0 Å². The molecule has 0 spiro atoms. The summed E-state index contributed by atoms with van der Waals surface area (Å²) in [5.74, 6) is 0.0609. The number of hydrogen-bond acceptors (Lipinski definition) is 3. The predicted octanol–water partition coefficient (Wildman–Crippen LogP) is 3.27. The van der Waals surface area contributed by atoms with E-state index in [0.717, 1.165) is 35.2 Å². The molecule has 0 unspecified atom stereocenters. The van der Waals surface area contributed by atoms with E-state index in [1.54, 1.807) is 26.4 Å². The Morgan fingerprint density at radius 2 is 1.72 bits per heavy atom. The third-order valence-corrected chi connectivity index (χ3v) is 4.98. The zero-order valence-electron chi connectivity index (χ0n) is 14.2. The van der Waals surface area contributed by atoms with Crippen LogP contribution < -0.4 is 5.56 Å². The number of nitrogens with zero attached hydrogens (tertiary/aromatic N) is 4. The van der Waals surface area contributed by atoms with Crippen molar-refractivity contribution in [3.63, 3.8) is 0 Å². The first-order chi connectivity index (χ1) is 12.0. The van der Waals surface area contributed by atoms with E-state index in [1.165, 1.54) is 0 Å². The average molecular weight is 359 g/mol. The molecule has 0 bridgehead atoms. The topological polar surface area (TPSA) is 65.0 Å². The van der Waals surface area contributed by atoms with Crippen molar-refractivity contribution in [1.29, 1.82) is 0 Å². The number of aromatic hydroxyl groups is 1. The van der Waals surface area contributed by atoms with Gasteiger partial charge in [0.1, 0.15) is 5.56 Å². The minimum atomic E-state index is -0.127. The highest BCUT2D eigenvalue weighted by Gasteiger charge is 2.25. The van der Waals surface area contributed by atoms with E-state index in [4.69, 9.17) is 11.6 Å². The largest absolute Gasteiger partial charge is 0.493 e. The minimum absolute atomic E-state index is 0.0609. The van der Waals surface area contributed by atoms with Crippen molar-refractivity contribution in [2.45, 2.75) is 39.8 Å². The minimum Gasteiger partial charge on any atom is -0.493 e. The quantitative estimate of drug-likeness (QED) is 0.764. The third-order valence-electron chi connectivity index (χ3n) is 4.78. The molecule has 130 valence electrons. The molecule has 3 aromatic rings. The molecule has 1 aliphatic rings. The Morgan fingerprint density at radius 3 is 2.28 bits per heavy atom. The molecule has 2 aromatic heterocycles. The highest BCUT2D eigenvalue weighted by atomic mass is 35.5. The lowest BCUT2D eigenvalue weighted by molar-refractivity contribution is 0.305. The van der Waals surface area contributed by atoms with Crippen LogP contribution in [0.2, 0.25) is 5.02 Å². The molecule has 0 aliphatic carbocycles. The Hall–Kier alpha value is -2.47. The van der Waals surface area contributed by atoms with Crippen molar-refractivity contribution in [2.24, 2.45) is 0 Å². The number of fused-ring (bicyclic) bond motifs is 1. The average Bonchev–Trinajstić information content (AvgIpc) is 3.12. The molecule has 0 amide bonds. The van der Waals surface area contributed by atoms with Gasteiger partial charge < -0.3 is 5.11 Å². The Balaban J connectivity index is 1.90. The predicted molar refractivity (Wildman–Crippen MR) is 96.6 cm³/mol. The fraction of sp³-hybridized carbons (Fsp3) is 0.333. The number of hydrogen-bond donors (Lipinski definition) is 1. The lowest BCUT2D eigenvalue weighted by Gasteiger charge is -2.17. The van der Waals surface area contributed by atoms with Crippen molar-refractivity contribution in [3.8, 4) is 22.7 Å². The molecular weight excluding hydrogens is 340 g/mol. The fourth-order valence-corrected chi connectivity index (χ4v) is 3.81. The van der Waals surface area contributed by atoms with Gasteiger partial charge in [-0.25, -0.2) is 9.36 Å². The van der Waals surface area contributed by atoms with Crippen LogP contribution in [0.5, 0.6) is 5.88 Å². The van der Waals surface area contributed by atoms with Crippen molar-refractivity contribution in [1.82, 2.24) is 19.1 Å². The van der Waals surface area contributed by atoms with E-state index in [1.807, 2.05) is 26.0 Å². The van der Waals surface area contributed by atoms with Gasteiger partial charge in [-0.2, -0.15) is 5.10 Å². The monoisotopic (exact) mass is 358 g/mol. The van der Waals surface area contributed by atoms with Crippen LogP contribution in [0.3, 0.4) is 0 Å². The maximum absolute atomic E-state index is 12.8. The van der Waals surface area contributed by atoms with Crippen LogP contribution in [0.25, 0.3) is 16.8 Å². The molecule has 6 nitrogen and oxygen atoms in total. The summed E-state index contributed by atoms with van der Waals surface area (Å²) in [6.07, 6.45) is 5.25. The maximum atomic E-state index is 12.8. The van der Waals surface area contributed by atoms with Crippen LogP contribution in [-0.4, -0.2) is 24.3 Å². The molecule has 7 heteroatoms. The van der Waals surface area contributed by atoms with Crippen LogP contribution in [0, 0.1) is 13.8 Å². The lowest BCUT2D eigenvalue weighted by atomic mass is 9.96. The van der Waals surface area contributed by atoms with Gasteiger partial charge in [0.25, 0.3) is 5.56 Å². The summed E-state index contributed by atoms with van der Waals surface area (Å²) in [7, 11) is 0. The molecule has 0 saturated heterocycles. The molecule has 1 aromatic carbocycles. The summed E-state index contributed by atoms with van der Waals surface area (Å²) in [5, 5.41) is 15.4. The number of benzene rings is 1. The van der Waals surface area contributed by atoms with Crippen LogP contribution in [0.15, 0.2) is 29.3 Å². The van der Waals surface area contributed by atoms with Gasteiger partial charge in [-0.3, -0.25) is 9.48 Å². The molecule has 0 radical (unpaired) electrons. The Kier molecular flexibility index (Phi) is 3.72. The van der Waals surface area contributed by atoms with Crippen LogP contribution >= 0.6 is 11.6 Å². The van der Waals surface area contributed by atoms with Gasteiger partial charge in [-0.05, 0) is 55.5 Å². The molecule has 1 N–H and O–H groups in total. The van der Waals surface area contributed by atoms with Gasteiger partial charge in [0, 0.05) is 19.3 Å². The van der Waals surface area contributed by atoms with Crippen LogP contribution in [0.1, 0.15) is 24.0 Å². The zero-order chi connectivity index (χ0) is 17.7. The van der Waals surface area contributed by atoms with E-state index in [0.29, 0.717) is 23.7 Å². The number of rotatable bonds is 2. The summed E-state index contributed by atoms with van der Waals surface area (Å²) < 4.78 is 5.04. The van der Waals surface area contributed by atoms with E-state index in [-0.39, 0.29) is 11.4 Å². The second-order valence-corrected chi connectivity index (χ2v) is 6.95. The first-order valence-electron chi connectivity index (χ1n) is 8.32. The van der Waals surface area contributed by atoms with E-state index >= 15 is 0 Å². The Bertz CT molecular complexity index is 1010. The first-order valence-corrected chi connectivity index (χ1v) is 8.70. The molecule has 0 atom stereocenters. The third kappa shape index (κ3) is 2.48. The Labute approximate surface area is 149 Å². The SMILES string of the molecule is Cc1cc(-n2cc(Cl)cn2)cc(C)c1-c1c(O)n2n(c1=O)CCCC2. The number of aryl methyl sites for hydroxylation is 2. The summed E-state index contributed by atoms with van der Waals surface area (Å²) in [6.45, 7) is 5.20. The fourth-order valence-electron chi connectivity index (χ4n) is 3.68. The van der Waals surface area contributed by atoms with E-state index < -0.39 is 0 Å². The molecule has 0 fully saturated rings. The van der Waals surface area contributed by atoms with Crippen LogP contribution in [-0.2, 0) is 13.1 Å². The van der Waals surface area contributed by atoms with Gasteiger partial charge in [0.15, 0.2) is 0 Å². The second kappa shape index (κ2) is 5.81. The van der Waals surface area contributed by atoms with E-state index in [9.17, 15) is 9.90 Å². The smallest absolute Gasteiger partial charge is 0.278 e. The summed E-state index contributed by atoms with van der Waals surface area (Å²) in [6, 6.07) is 3.90. The lowest BCUT2D eigenvalue weighted by Crippen LogP contribution is -2.27. The summed E-state index contributed by atoms with van der Waals surface area (Å²) in [5.41, 5.74) is 3.75. The second-order valence-electron chi connectivity index (χ2n) is 6.51. The molecule has 0 saturated carbocycles. The van der Waals surface area contributed by atoms with Gasteiger partial charge in [0.2, 0.25) is 5.88 Å². The van der Waals surface area contributed by atoms with E-state index in [2.05, 4.69) is 5.10 Å². The molecule has 25 heavy (non-hydrogen) atoms. The Morgan fingerprint density at radius 1 is 1.08 bits per heavy atom. The highest BCUT2D eigenvalue weighted by Crippen LogP contribution is 2.34. The first kappa shape index (κ1) is 16.0. The van der Waals surface area contributed by atoms with Gasteiger partial charge >= 0.3 is 0 Å². The van der Waals surface area contributed by atoms with Gasteiger partial charge in [0.05, 0.1) is 16.9 Å². The molecule has 1 aliphatic heterocycles. The van der Waals surface area contributed by atoms with Crippen molar-refractivity contribution < 1.29 is 5.11 Å². The maximum Gasteiger partial charge on any atom is 0.278 e. The number of halogens is 1. The van der Waals surface area contributed by atoms with Gasteiger partial charge in [-0.15, -0.1) is 0 Å². The highest BCUT2D eigenvalue weighted by molar-refractivity contribution is 6.30. The van der Waals surface area contributed by atoms with Crippen molar-refractivity contribution >= 4 is 11.6 Å². The van der Waals surface area contributed by atoms with Crippen LogP contribution in [0.4, 0.5) is 0 Å². The molecular formula is C18H19ClN4O2. The molecule has 4 rings (SSSR count). The van der Waals surface area contributed by atoms with Gasteiger partial charge in [-0.1, -0.05) is 11.6 Å². The zero-order valence-corrected chi connectivity index (χ0v) is 14.9. The standard InChI is InChI=1S/C18H19ClN4O2/c1-11-7-14(21-10-13(19)9-20-21)8-12(2)15(11)16-17(24)22-5-3-4-6-23(22)18(16)25/h7-10,24H,3-6H2,1-2H3. The van der Waals surface area contributed by atoms with Crippen molar-refractivity contribution in [3.05, 3.63) is 51.0 Å². The number of aromatic nitrogens is 4. The summed E-state index contributed by atoms with van der Waals surface area (Å²) in [4.78, 5) is 12.8.